The van der Waals surface area contributed by atoms with E-state index in [2.05, 4.69) is 10.4 Å². The van der Waals surface area contributed by atoms with Crippen LogP contribution in [0.15, 0.2) is 30.3 Å². The number of hydrogen-bond acceptors (Lipinski definition) is 4. The first-order chi connectivity index (χ1) is 13.5. The minimum absolute atomic E-state index is 0.0246. The molecule has 0 bridgehead atoms. The normalized spacial score (nSPS) is 19.2. The second-order valence-corrected chi connectivity index (χ2v) is 7.29. The number of carbonyl (C=O) groups is 2. The summed E-state index contributed by atoms with van der Waals surface area (Å²) in [5.41, 5.74) is 3.45. The maximum atomic E-state index is 12.6. The van der Waals surface area contributed by atoms with E-state index >= 15 is 0 Å². The van der Waals surface area contributed by atoms with Crippen LogP contribution in [0.2, 0.25) is 0 Å². The molecule has 150 valence electrons. The predicted octanol–water partition coefficient (Wildman–Crippen LogP) is 1.29. The lowest BCUT2D eigenvalue weighted by atomic mass is 9.97. The smallest absolute Gasteiger partial charge is 0.309 e. The van der Waals surface area contributed by atoms with E-state index in [1.165, 1.54) is 4.90 Å². The van der Waals surface area contributed by atoms with Crippen LogP contribution in [0.5, 0.6) is 0 Å². The molecule has 1 fully saturated rings. The Kier molecular flexibility index (Phi) is 6.46. The second-order valence-electron chi connectivity index (χ2n) is 7.29. The summed E-state index contributed by atoms with van der Waals surface area (Å²) in [6, 6.07) is 9.87. The number of anilines is 1. The molecule has 2 heterocycles. The number of rotatable bonds is 6. The van der Waals surface area contributed by atoms with Gasteiger partial charge in [-0.1, -0.05) is 18.2 Å². The number of para-hydroxylation sites is 1. The first kappa shape index (κ1) is 20.1. The van der Waals surface area contributed by atoms with E-state index in [1.807, 2.05) is 55.8 Å². The largest absolute Gasteiger partial charge is 0.466 e. The molecule has 0 atom stereocenters. The first-order valence-corrected chi connectivity index (χ1v) is 9.91. The quantitative estimate of drug-likeness (QED) is 0.735. The maximum Gasteiger partial charge on any atom is 0.309 e. The van der Waals surface area contributed by atoms with Gasteiger partial charge in [0.2, 0.25) is 0 Å². The van der Waals surface area contributed by atoms with Crippen molar-refractivity contribution in [1.29, 1.82) is 0 Å². The molecule has 1 aliphatic heterocycles. The fourth-order valence-electron chi connectivity index (χ4n) is 3.75. The van der Waals surface area contributed by atoms with Crippen molar-refractivity contribution in [2.75, 3.05) is 31.6 Å². The Labute approximate surface area is 165 Å². The van der Waals surface area contributed by atoms with Crippen molar-refractivity contribution in [3.63, 3.8) is 0 Å². The van der Waals surface area contributed by atoms with Crippen molar-refractivity contribution >= 4 is 17.6 Å². The van der Waals surface area contributed by atoms with Crippen LogP contribution < -0.4 is 10.2 Å². The van der Waals surface area contributed by atoms with Gasteiger partial charge in [-0.3, -0.25) is 9.59 Å². The number of aryl methyl sites for hydroxylation is 1. The molecule has 0 saturated carbocycles. The van der Waals surface area contributed by atoms with E-state index in [0.29, 0.717) is 13.2 Å². The number of amides is 1. The topological polar surface area (TPSA) is 77.7 Å². The van der Waals surface area contributed by atoms with Crippen molar-refractivity contribution in [3.05, 3.63) is 41.7 Å². The van der Waals surface area contributed by atoms with E-state index in [1.54, 1.807) is 0 Å². The third-order valence-electron chi connectivity index (χ3n) is 5.28. The van der Waals surface area contributed by atoms with Gasteiger partial charge in [0.25, 0.3) is 5.91 Å². The van der Waals surface area contributed by atoms with Gasteiger partial charge in [0.1, 0.15) is 0 Å². The number of hydrogen-bond donors (Lipinski definition) is 2. The highest BCUT2D eigenvalue weighted by molar-refractivity contribution is 5.92. The van der Waals surface area contributed by atoms with Gasteiger partial charge in [0, 0.05) is 12.8 Å². The Morgan fingerprint density at radius 2 is 1.89 bits per heavy atom. The van der Waals surface area contributed by atoms with Crippen molar-refractivity contribution in [2.45, 2.75) is 33.6 Å². The zero-order valence-corrected chi connectivity index (χ0v) is 16.8. The van der Waals surface area contributed by atoms with Gasteiger partial charge < -0.3 is 15.0 Å². The van der Waals surface area contributed by atoms with Crippen LogP contribution in [0.3, 0.4) is 0 Å². The Morgan fingerprint density at radius 3 is 2.54 bits per heavy atom. The summed E-state index contributed by atoms with van der Waals surface area (Å²) in [5.74, 6) is -0.158. The molecule has 28 heavy (non-hydrogen) atoms. The SMILES string of the molecule is CCOC(=O)C1CC[NH+](CC(=O)Nc2c(C)nn(-c3ccccc3)c2C)CC1. The lowest BCUT2D eigenvalue weighted by Crippen LogP contribution is -3.14. The predicted molar refractivity (Wildman–Crippen MR) is 107 cm³/mol. The maximum absolute atomic E-state index is 12.6. The minimum atomic E-state index is -0.106. The standard InChI is InChI=1S/C21H28N4O3/c1-4-28-21(27)17-10-12-24(13-11-17)14-19(26)22-20-15(2)23-25(16(20)3)18-8-6-5-7-9-18/h5-9,17H,4,10-14H2,1-3H3,(H,22,26)/p+1. The monoisotopic (exact) mass is 385 g/mol. The molecule has 2 N–H and O–H groups in total. The highest BCUT2D eigenvalue weighted by atomic mass is 16.5. The number of nitrogens with zero attached hydrogens (tertiary/aromatic N) is 2. The molecular formula is C21H29N4O3+. The molecule has 1 amide bonds. The van der Waals surface area contributed by atoms with Gasteiger partial charge in [-0.25, -0.2) is 4.68 Å². The number of likely N-dealkylation sites (tertiary alicyclic amines) is 1. The van der Waals surface area contributed by atoms with Gasteiger partial charge in [0.15, 0.2) is 6.54 Å². The number of aromatic nitrogens is 2. The summed E-state index contributed by atoms with van der Waals surface area (Å²) in [4.78, 5) is 25.6. The number of esters is 1. The third kappa shape index (κ3) is 4.59. The van der Waals surface area contributed by atoms with Crippen LogP contribution >= 0.6 is 0 Å². The number of ether oxygens (including phenoxy) is 1. The third-order valence-corrected chi connectivity index (χ3v) is 5.28. The molecule has 7 nitrogen and oxygen atoms in total. The fraction of sp³-hybridized carbons (Fsp3) is 0.476. The van der Waals surface area contributed by atoms with Crippen LogP contribution in [-0.4, -0.2) is 47.9 Å². The lowest BCUT2D eigenvalue weighted by molar-refractivity contribution is -0.897. The molecule has 2 aromatic rings. The average molecular weight is 385 g/mol. The Bertz CT molecular complexity index is 824. The Morgan fingerprint density at radius 1 is 1.21 bits per heavy atom. The molecule has 0 radical (unpaired) electrons. The summed E-state index contributed by atoms with van der Waals surface area (Å²) >= 11 is 0. The Balaban J connectivity index is 1.58. The highest BCUT2D eigenvalue weighted by Gasteiger charge is 2.29. The molecule has 0 unspecified atom stereocenters. The summed E-state index contributed by atoms with van der Waals surface area (Å²) in [6.45, 7) is 8.11. The van der Waals surface area contributed by atoms with Gasteiger partial charge in [-0.05, 0) is 32.9 Å². The molecule has 3 rings (SSSR count). The van der Waals surface area contributed by atoms with E-state index in [9.17, 15) is 9.59 Å². The molecule has 0 spiro atoms. The minimum Gasteiger partial charge on any atom is -0.466 e. The highest BCUT2D eigenvalue weighted by Crippen LogP contribution is 2.22. The molecule has 1 aromatic carbocycles. The van der Waals surface area contributed by atoms with Crippen LogP contribution in [0, 0.1) is 19.8 Å². The van der Waals surface area contributed by atoms with E-state index in [-0.39, 0.29) is 17.8 Å². The number of nitrogens with one attached hydrogen (secondary N) is 2. The van der Waals surface area contributed by atoms with Crippen LogP contribution in [0.1, 0.15) is 31.2 Å². The van der Waals surface area contributed by atoms with Crippen molar-refractivity contribution in [3.8, 4) is 5.69 Å². The molecule has 0 aliphatic carbocycles. The van der Waals surface area contributed by atoms with Crippen LogP contribution in [0.25, 0.3) is 5.69 Å². The van der Waals surface area contributed by atoms with Gasteiger partial charge >= 0.3 is 5.97 Å². The second kappa shape index (κ2) is 9.01. The number of carbonyl (C=O) groups excluding carboxylic acids is 2. The molecule has 1 saturated heterocycles. The Hall–Kier alpha value is -2.67. The number of benzene rings is 1. The van der Waals surface area contributed by atoms with Crippen LogP contribution in [0.4, 0.5) is 5.69 Å². The summed E-state index contributed by atoms with van der Waals surface area (Å²) in [6.07, 6.45) is 1.54. The summed E-state index contributed by atoms with van der Waals surface area (Å²) < 4.78 is 6.95. The van der Waals surface area contributed by atoms with Gasteiger partial charge in [-0.15, -0.1) is 0 Å². The number of piperidine rings is 1. The van der Waals surface area contributed by atoms with E-state index < -0.39 is 0 Å². The first-order valence-electron chi connectivity index (χ1n) is 9.91. The van der Waals surface area contributed by atoms with E-state index in [4.69, 9.17) is 4.74 Å². The van der Waals surface area contributed by atoms with Crippen molar-refractivity contribution in [1.82, 2.24) is 9.78 Å². The van der Waals surface area contributed by atoms with E-state index in [0.717, 1.165) is 48.7 Å². The average Bonchev–Trinajstić information content (AvgIpc) is 2.97. The lowest BCUT2D eigenvalue weighted by Gasteiger charge is -2.27. The van der Waals surface area contributed by atoms with Gasteiger partial charge in [0.05, 0.1) is 48.4 Å². The summed E-state index contributed by atoms with van der Waals surface area (Å²) in [5, 5.41) is 7.61. The molecular weight excluding hydrogens is 356 g/mol. The van der Waals surface area contributed by atoms with Crippen molar-refractivity contribution in [2.24, 2.45) is 5.92 Å². The molecule has 7 heteroatoms. The molecule has 1 aliphatic rings. The van der Waals surface area contributed by atoms with Crippen molar-refractivity contribution < 1.29 is 19.2 Å². The number of quaternary nitrogens is 1. The summed E-state index contributed by atoms with van der Waals surface area (Å²) in [7, 11) is 0. The van der Waals surface area contributed by atoms with Gasteiger partial charge in [-0.2, -0.15) is 5.10 Å². The zero-order chi connectivity index (χ0) is 20.1. The fourth-order valence-corrected chi connectivity index (χ4v) is 3.75. The zero-order valence-electron chi connectivity index (χ0n) is 16.8. The molecule has 1 aromatic heterocycles. The van der Waals surface area contributed by atoms with Crippen LogP contribution in [-0.2, 0) is 14.3 Å².